The fourth-order valence-corrected chi connectivity index (χ4v) is 7.79. The Morgan fingerprint density at radius 1 is 0.346 bits per heavy atom. The van der Waals surface area contributed by atoms with E-state index in [1.807, 2.05) is 0 Å². The summed E-state index contributed by atoms with van der Waals surface area (Å²) < 4.78 is 6.82. The minimum atomic E-state index is 0.862. The second-order valence-electron chi connectivity index (χ2n) is 13.3. The molecule has 2 heteroatoms. The number of anilines is 3. The van der Waals surface area contributed by atoms with E-state index < -0.39 is 0 Å². The van der Waals surface area contributed by atoms with E-state index in [2.05, 4.69) is 205 Å². The van der Waals surface area contributed by atoms with E-state index in [1.54, 1.807) is 0 Å². The van der Waals surface area contributed by atoms with Gasteiger partial charge in [0.25, 0.3) is 0 Å². The molecule has 0 fully saturated rings. The molecule has 0 atom stereocenters. The molecule has 2 nitrogen and oxygen atoms in total. The van der Waals surface area contributed by atoms with Crippen LogP contribution in [-0.2, 0) is 0 Å². The van der Waals surface area contributed by atoms with Gasteiger partial charge in [0.05, 0.1) is 16.8 Å². The van der Waals surface area contributed by atoms with Crippen LogP contribution in [0.5, 0.6) is 0 Å². The molecule has 0 amide bonds. The lowest BCUT2D eigenvalue weighted by Crippen LogP contribution is -2.11. The van der Waals surface area contributed by atoms with Gasteiger partial charge in [0.15, 0.2) is 0 Å². The Labute approximate surface area is 302 Å². The number of hydrogen-bond donors (Lipinski definition) is 0. The highest BCUT2D eigenvalue weighted by atomic mass is 16.3. The van der Waals surface area contributed by atoms with Crippen molar-refractivity contribution in [3.05, 3.63) is 200 Å². The molecular weight excluding hydrogens is 631 g/mol. The zero-order valence-corrected chi connectivity index (χ0v) is 28.4. The SMILES string of the molecule is c1ccc(-c2ccc(-c3cccc(N(c4cccc5ccccc45)c4cccc5oc6c7ccccc7c(-c7ccccc7)cc6c45)c3)cc2)cc1. The molecule has 0 N–H and O–H groups in total. The third-order valence-corrected chi connectivity index (χ3v) is 10.2. The summed E-state index contributed by atoms with van der Waals surface area (Å²) in [5, 5.41) is 6.85. The molecule has 1 aromatic heterocycles. The minimum absolute atomic E-state index is 0.862. The summed E-state index contributed by atoms with van der Waals surface area (Å²) in [5.41, 5.74) is 12.2. The maximum absolute atomic E-state index is 6.82. The molecule has 0 radical (unpaired) electrons. The van der Waals surface area contributed by atoms with Crippen molar-refractivity contribution in [1.29, 1.82) is 0 Å². The fourth-order valence-electron chi connectivity index (χ4n) is 7.79. The number of nitrogens with zero attached hydrogens (tertiary/aromatic N) is 1. The molecule has 1 heterocycles. The predicted octanol–water partition coefficient (Wildman–Crippen LogP) is 14.4. The summed E-state index contributed by atoms with van der Waals surface area (Å²) in [6.07, 6.45) is 0. The molecule has 0 bridgehead atoms. The molecule has 0 aliphatic heterocycles. The van der Waals surface area contributed by atoms with Gasteiger partial charge in [-0.3, -0.25) is 0 Å². The molecule has 0 saturated heterocycles. The maximum Gasteiger partial charge on any atom is 0.143 e. The summed E-state index contributed by atoms with van der Waals surface area (Å²) in [7, 11) is 0. The smallest absolute Gasteiger partial charge is 0.143 e. The molecule has 0 spiro atoms. The lowest BCUT2D eigenvalue weighted by molar-refractivity contribution is 0.672. The van der Waals surface area contributed by atoms with E-state index in [-0.39, 0.29) is 0 Å². The van der Waals surface area contributed by atoms with Crippen LogP contribution in [0.4, 0.5) is 17.1 Å². The first kappa shape index (κ1) is 30.0. The van der Waals surface area contributed by atoms with Gasteiger partial charge in [-0.25, -0.2) is 0 Å². The van der Waals surface area contributed by atoms with Gasteiger partial charge in [0.1, 0.15) is 11.2 Å². The number of benzene rings is 9. The number of hydrogen-bond acceptors (Lipinski definition) is 2. The second kappa shape index (κ2) is 12.5. The van der Waals surface area contributed by atoms with Crippen molar-refractivity contribution < 1.29 is 4.42 Å². The van der Waals surface area contributed by atoms with Crippen molar-refractivity contribution in [2.75, 3.05) is 4.90 Å². The van der Waals surface area contributed by atoms with E-state index >= 15 is 0 Å². The molecule has 0 unspecified atom stereocenters. The molecule has 0 aliphatic carbocycles. The minimum Gasteiger partial charge on any atom is -0.455 e. The van der Waals surface area contributed by atoms with Crippen molar-refractivity contribution in [2.45, 2.75) is 0 Å². The second-order valence-corrected chi connectivity index (χ2v) is 13.3. The molecular formula is C50H33NO. The van der Waals surface area contributed by atoms with Crippen LogP contribution in [0.15, 0.2) is 205 Å². The average Bonchev–Trinajstić information content (AvgIpc) is 3.61. The Balaban J connectivity index is 1.22. The zero-order chi connectivity index (χ0) is 34.4. The van der Waals surface area contributed by atoms with Crippen LogP contribution >= 0.6 is 0 Å². The molecule has 10 rings (SSSR count). The topological polar surface area (TPSA) is 16.4 Å². The third-order valence-electron chi connectivity index (χ3n) is 10.2. The van der Waals surface area contributed by atoms with Gasteiger partial charge in [-0.05, 0) is 80.6 Å². The molecule has 9 aromatic carbocycles. The molecule has 244 valence electrons. The van der Waals surface area contributed by atoms with Gasteiger partial charge in [-0.15, -0.1) is 0 Å². The Morgan fingerprint density at radius 2 is 0.904 bits per heavy atom. The van der Waals surface area contributed by atoms with E-state index in [1.165, 1.54) is 44.0 Å². The van der Waals surface area contributed by atoms with Gasteiger partial charge < -0.3 is 9.32 Å². The Bertz CT molecular complexity index is 2880. The highest BCUT2D eigenvalue weighted by Gasteiger charge is 2.23. The van der Waals surface area contributed by atoms with Gasteiger partial charge in [0, 0.05) is 21.8 Å². The quantitative estimate of drug-likeness (QED) is 0.176. The van der Waals surface area contributed by atoms with E-state index in [0.717, 1.165) is 50.0 Å². The van der Waals surface area contributed by atoms with Gasteiger partial charge >= 0.3 is 0 Å². The van der Waals surface area contributed by atoms with Gasteiger partial charge in [-0.1, -0.05) is 164 Å². The first-order valence-electron chi connectivity index (χ1n) is 17.8. The standard InChI is InChI=1S/C50H33NO/c1-3-14-34(15-4-1)35-28-30-36(31-29-35)39-20-11-21-40(32-39)51(46-25-12-19-37-18-7-8-22-41(37)46)47-26-13-27-48-49(47)45-33-44(38-16-5-2-6-17-38)42-23-9-10-24-43(42)50(45)52-48/h1-33H. The molecule has 0 saturated carbocycles. The number of rotatable bonds is 6. The summed E-state index contributed by atoms with van der Waals surface area (Å²) in [4.78, 5) is 2.42. The van der Waals surface area contributed by atoms with Gasteiger partial charge in [-0.2, -0.15) is 0 Å². The Morgan fingerprint density at radius 3 is 1.69 bits per heavy atom. The largest absolute Gasteiger partial charge is 0.455 e. The van der Waals surface area contributed by atoms with Crippen LogP contribution in [-0.4, -0.2) is 0 Å². The van der Waals surface area contributed by atoms with Crippen molar-refractivity contribution in [1.82, 2.24) is 0 Å². The van der Waals surface area contributed by atoms with Crippen LogP contribution in [0.1, 0.15) is 0 Å². The highest BCUT2D eigenvalue weighted by molar-refractivity contribution is 6.23. The monoisotopic (exact) mass is 663 g/mol. The molecule has 10 aromatic rings. The van der Waals surface area contributed by atoms with E-state index in [4.69, 9.17) is 4.42 Å². The molecule has 0 aliphatic rings. The highest BCUT2D eigenvalue weighted by Crippen LogP contribution is 2.47. The Kier molecular flexibility index (Phi) is 7.18. The number of fused-ring (bicyclic) bond motifs is 6. The first-order valence-corrected chi connectivity index (χ1v) is 17.8. The van der Waals surface area contributed by atoms with Gasteiger partial charge in [0.2, 0.25) is 0 Å². The zero-order valence-electron chi connectivity index (χ0n) is 28.4. The van der Waals surface area contributed by atoms with Crippen LogP contribution in [0, 0.1) is 0 Å². The summed E-state index contributed by atoms with van der Waals surface area (Å²) in [6.45, 7) is 0. The van der Waals surface area contributed by atoms with E-state index in [0.29, 0.717) is 0 Å². The lowest BCUT2D eigenvalue weighted by atomic mass is 9.95. The number of furan rings is 1. The Hall–Kier alpha value is -6.90. The van der Waals surface area contributed by atoms with Crippen LogP contribution in [0.25, 0.3) is 76.9 Å². The lowest BCUT2D eigenvalue weighted by Gasteiger charge is -2.28. The van der Waals surface area contributed by atoms with Crippen molar-refractivity contribution >= 4 is 60.5 Å². The van der Waals surface area contributed by atoms with Crippen molar-refractivity contribution in [3.8, 4) is 33.4 Å². The normalized spacial score (nSPS) is 11.5. The predicted molar refractivity (Wildman–Crippen MR) is 220 cm³/mol. The third kappa shape index (κ3) is 5.04. The average molecular weight is 664 g/mol. The summed E-state index contributed by atoms with van der Waals surface area (Å²) >= 11 is 0. The first-order chi connectivity index (χ1) is 25.8. The van der Waals surface area contributed by atoms with Crippen LogP contribution < -0.4 is 4.90 Å². The molecule has 52 heavy (non-hydrogen) atoms. The van der Waals surface area contributed by atoms with Crippen molar-refractivity contribution in [3.63, 3.8) is 0 Å². The van der Waals surface area contributed by atoms with Crippen LogP contribution in [0.2, 0.25) is 0 Å². The maximum atomic E-state index is 6.82. The van der Waals surface area contributed by atoms with E-state index in [9.17, 15) is 0 Å². The summed E-state index contributed by atoms with van der Waals surface area (Å²) in [5.74, 6) is 0. The van der Waals surface area contributed by atoms with Crippen LogP contribution in [0.3, 0.4) is 0 Å². The summed E-state index contributed by atoms with van der Waals surface area (Å²) in [6, 6.07) is 71.6. The van der Waals surface area contributed by atoms with Crippen molar-refractivity contribution in [2.24, 2.45) is 0 Å². The fraction of sp³-hybridized carbons (Fsp3) is 0.